The highest BCUT2D eigenvalue weighted by atomic mass is 16.8. The fraction of sp³-hybridized carbons (Fsp3) is 1.00. The molecule has 0 amide bonds. The van der Waals surface area contributed by atoms with Crippen molar-refractivity contribution >= 4 is 0 Å². The molecule has 6 saturated heterocycles. The lowest BCUT2D eigenvalue weighted by molar-refractivity contribution is -0.369. The first kappa shape index (κ1) is 61.9. The topological polar surface area (TPSA) is 536 Å². The van der Waals surface area contributed by atoms with Gasteiger partial charge >= 0.3 is 0 Å². The molecule has 6 fully saturated rings. The third kappa shape index (κ3) is 13.3. The van der Waals surface area contributed by atoms with E-state index in [1.165, 1.54) is 6.92 Å². The van der Waals surface area contributed by atoms with Crippen LogP contribution in [0.5, 0.6) is 0 Å². The van der Waals surface area contributed by atoms with Crippen molar-refractivity contribution in [2.24, 2.45) is 5.41 Å². The van der Waals surface area contributed by atoms with Crippen LogP contribution in [-0.2, 0) is 56.8 Å². The van der Waals surface area contributed by atoms with Crippen molar-refractivity contribution in [1.82, 2.24) is 0 Å². The number of hydrogen-bond acceptors (Lipinski definition) is 33. The van der Waals surface area contributed by atoms with Crippen molar-refractivity contribution < 1.29 is 164 Å². The van der Waals surface area contributed by atoms with Gasteiger partial charge in [0.1, 0.15) is 146 Å². The Morgan fingerprint density at radius 1 is 0.270 bits per heavy atom. The predicted molar refractivity (Wildman–Crippen MR) is 225 cm³/mol. The number of aliphatic hydroxyl groups excluding tert-OH is 21. The third-order valence-electron chi connectivity index (χ3n) is 13.7. The SMILES string of the molecule is CC(CO[C@@H]1OC(CO)[C@@H](O[C@@H]2OC(CO)[C@H](O)C(O)[C@@H]2O)C(O)[C@@H]1O)(CO[C@@H]1OC(CO)[C@@H](O[C@@H]2OC(CO)[C@H](O)C(O)[C@@H]2O)C(O)[C@@H]1O)CO[C@@H]1OC(CO)[C@@H](O[C@@H]2OC(CO)[C@H](O)C(O)[C@@H]2O)C(O)[C@@H]1O. The van der Waals surface area contributed by atoms with Gasteiger partial charge in [-0.1, -0.05) is 6.92 Å². The molecule has 6 aliphatic heterocycles. The van der Waals surface area contributed by atoms with E-state index in [9.17, 15) is 107 Å². The molecule has 0 aromatic rings. The lowest BCUT2D eigenvalue weighted by Gasteiger charge is -2.47. The summed E-state index contributed by atoms with van der Waals surface area (Å²) in [6.07, 6.45) is -54.7. The molecule has 6 heterocycles. The Hall–Kier alpha value is -1.32. The fourth-order valence-corrected chi connectivity index (χ4v) is 9.05. The van der Waals surface area contributed by atoms with Gasteiger partial charge in [0.25, 0.3) is 0 Å². The molecule has 0 aliphatic carbocycles. The molecule has 33 heteroatoms. The van der Waals surface area contributed by atoms with E-state index in [0.29, 0.717) is 0 Å². The average Bonchev–Trinajstić information content (AvgIpc) is 3.39. The summed E-state index contributed by atoms with van der Waals surface area (Å²) in [6.45, 7) is -6.12. The van der Waals surface area contributed by atoms with E-state index >= 15 is 0 Å². The zero-order valence-corrected chi connectivity index (χ0v) is 39.5. The maximum Gasteiger partial charge on any atom is 0.187 e. The van der Waals surface area contributed by atoms with Crippen LogP contribution in [0.2, 0.25) is 0 Å². The molecule has 33 nitrogen and oxygen atoms in total. The Balaban J connectivity index is 1.17. The fourth-order valence-electron chi connectivity index (χ4n) is 9.05. The molecule has 0 spiro atoms. The molecule has 6 aliphatic rings. The smallest absolute Gasteiger partial charge is 0.187 e. The van der Waals surface area contributed by atoms with Gasteiger partial charge in [0.2, 0.25) is 0 Å². The van der Waals surface area contributed by atoms with E-state index in [1.807, 2.05) is 0 Å². The number of hydrogen-bond donors (Lipinski definition) is 21. The minimum absolute atomic E-state index is 0.701. The number of rotatable bonds is 21. The minimum atomic E-state index is -2.06. The molecule has 0 aromatic heterocycles. The second kappa shape index (κ2) is 26.8. The summed E-state index contributed by atoms with van der Waals surface area (Å²) >= 11 is 0. The lowest BCUT2D eigenvalue weighted by atomic mass is 9.93. The summed E-state index contributed by atoms with van der Waals surface area (Å²) in [6, 6.07) is 0. The molecule has 6 rings (SSSR count). The highest BCUT2D eigenvalue weighted by Gasteiger charge is 2.55. The van der Waals surface area contributed by atoms with E-state index < -0.39 is 249 Å². The van der Waals surface area contributed by atoms with Crippen LogP contribution in [0.25, 0.3) is 0 Å². The quantitative estimate of drug-likeness (QED) is 0.0507. The maximum atomic E-state index is 11.2. The lowest BCUT2D eigenvalue weighted by Crippen LogP contribution is -2.65. The molecule has 0 saturated carbocycles. The average molecular weight is 1090 g/mol. The van der Waals surface area contributed by atoms with Crippen molar-refractivity contribution in [3.63, 3.8) is 0 Å². The summed E-state index contributed by atoms with van der Waals surface area (Å²) < 4.78 is 67.6. The van der Waals surface area contributed by atoms with Gasteiger partial charge in [-0.15, -0.1) is 0 Å². The Bertz CT molecular complexity index is 1480. The van der Waals surface area contributed by atoms with E-state index in [2.05, 4.69) is 0 Å². The Kier molecular flexibility index (Phi) is 22.4. The molecular weight excluding hydrogens is 1020 g/mol. The van der Waals surface area contributed by atoms with Crippen molar-refractivity contribution in [2.75, 3.05) is 59.5 Å². The van der Waals surface area contributed by atoms with Crippen LogP contribution in [0.3, 0.4) is 0 Å². The van der Waals surface area contributed by atoms with Crippen LogP contribution in [0.15, 0.2) is 0 Å². The summed E-state index contributed by atoms with van der Waals surface area (Å²) in [5.41, 5.74) is -1.69. The van der Waals surface area contributed by atoms with Crippen LogP contribution in [0, 0.1) is 5.41 Å². The molecule has 0 radical (unpaired) electrons. The normalized spacial score (nSPS) is 50.4. The van der Waals surface area contributed by atoms with E-state index in [0.717, 1.165) is 0 Å². The van der Waals surface area contributed by atoms with Crippen LogP contribution < -0.4 is 0 Å². The maximum absolute atomic E-state index is 11.2. The first-order valence-electron chi connectivity index (χ1n) is 23.6. The second-order valence-electron chi connectivity index (χ2n) is 19.3. The first-order chi connectivity index (χ1) is 35.0. The van der Waals surface area contributed by atoms with Crippen molar-refractivity contribution in [2.45, 2.75) is 191 Å². The molecule has 0 aromatic carbocycles. The van der Waals surface area contributed by atoms with Crippen LogP contribution in [0.4, 0.5) is 0 Å². The largest absolute Gasteiger partial charge is 0.394 e. The van der Waals surface area contributed by atoms with Crippen LogP contribution >= 0.6 is 0 Å². The molecule has 21 N–H and O–H groups in total. The van der Waals surface area contributed by atoms with Crippen LogP contribution in [0.1, 0.15) is 6.92 Å². The van der Waals surface area contributed by atoms with Gasteiger partial charge in [-0.2, -0.15) is 0 Å². The van der Waals surface area contributed by atoms with Gasteiger partial charge in [-0.3, -0.25) is 0 Å². The Morgan fingerprint density at radius 3 is 0.689 bits per heavy atom. The second-order valence-corrected chi connectivity index (χ2v) is 19.3. The molecule has 12 unspecified atom stereocenters. The van der Waals surface area contributed by atoms with Gasteiger partial charge in [0.15, 0.2) is 37.7 Å². The molecule has 434 valence electrons. The highest BCUT2D eigenvalue weighted by Crippen LogP contribution is 2.35. The third-order valence-corrected chi connectivity index (χ3v) is 13.7. The number of aliphatic hydroxyl groups is 21. The van der Waals surface area contributed by atoms with Gasteiger partial charge in [0.05, 0.1) is 59.5 Å². The predicted octanol–water partition coefficient (Wildman–Crippen LogP) is -14.1. The minimum Gasteiger partial charge on any atom is -0.394 e. The summed E-state index contributed by atoms with van der Waals surface area (Å²) in [5.74, 6) is 0. The first-order valence-corrected chi connectivity index (χ1v) is 23.6. The zero-order valence-electron chi connectivity index (χ0n) is 39.5. The van der Waals surface area contributed by atoms with Crippen molar-refractivity contribution in [3.8, 4) is 0 Å². The zero-order chi connectivity index (χ0) is 54.7. The van der Waals surface area contributed by atoms with Gasteiger partial charge in [-0.25, -0.2) is 0 Å². The molecular formula is C41H72O33. The van der Waals surface area contributed by atoms with E-state index in [4.69, 9.17) is 56.8 Å². The van der Waals surface area contributed by atoms with Crippen LogP contribution in [-0.4, -0.2) is 351 Å². The van der Waals surface area contributed by atoms with Crippen molar-refractivity contribution in [1.29, 1.82) is 0 Å². The summed E-state index contributed by atoms with van der Waals surface area (Å²) in [4.78, 5) is 0. The van der Waals surface area contributed by atoms with E-state index in [1.54, 1.807) is 0 Å². The summed E-state index contributed by atoms with van der Waals surface area (Å²) in [5, 5.41) is 220. The van der Waals surface area contributed by atoms with Gasteiger partial charge in [0, 0.05) is 5.41 Å². The Morgan fingerprint density at radius 2 is 0.473 bits per heavy atom. The van der Waals surface area contributed by atoms with Crippen molar-refractivity contribution in [3.05, 3.63) is 0 Å². The number of ether oxygens (including phenoxy) is 12. The molecule has 74 heavy (non-hydrogen) atoms. The molecule has 0 bridgehead atoms. The Labute approximate surface area is 419 Å². The van der Waals surface area contributed by atoms with Gasteiger partial charge in [-0.05, 0) is 0 Å². The highest BCUT2D eigenvalue weighted by molar-refractivity contribution is 4.98. The van der Waals surface area contributed by atoms with E-state index in [-0.39, 0.29) is 0 Å². The standard InChI is InChI=1S/C41H72O33/c1-41(8-63-35-29(60)23(54)32(14(5-45)69-35)72-38-26(57)20(51)17(48)11(2-42)66-38,9-64-36-30(61)24(55)33(15(6-46)70-36)73-39-27(58)21(52)18(49)12(3-43)67-39)10-65-37-31(62)25(56)34(16(7-47)71-37)74-40-28(59)22(53)19(50)13(4-44)68-40/h11-40,42-62H,2-10H2,1H3/t11?,12?,13?,14?,15?,16?,17-,18-,19-,20?,21?,22?,23?,24?,25?,26-,27-,28-,29-,30-,31-,32+,33+,34+,35+,36+,37+,38-,39-,40-,41?/m0/s1. The molecule has 30 atom stereocenters. The monoisotopic (exact) mass is 1090 g/mol. The summed E-state index contributed by atoms with van der Waals surface area (Å²) in [7, 11) is 0. The van der Waals surface area contributed by atoms with Gasteiger partial charge < -0.3 is 164 Å².